The van der Waals surface area contributed by atoms with Crippen molar-refractivity contribution in [1.29, 1.82) is 0 Å². The van der Waals surface area contributed by atoms with E-state index in [0.717, 1.165) is 26.1 Å². The van der Waals surface area contributed by atoms with Crippen LogP contribution in [-0.2, 0) is 6.42 Å². The topological polar surface area (TPSA) is 29.3 Å². The lowest BCUT2D eigenvalue weighted by molar-refractivity contribution is 0.155. The minimum atomic E-state index is -0.161. The van der Waals surface area contributed by atoms with E-state index in [1.54, 1.807) is 0 Å². The molecule has 1 heterocycles. The summed E-state index contributed by atoms with van der Waals surface area (Å²) in [7, 11) is 0. The zero-order valence-corrected chi connectivity index (χ0v) is 10.2. The zero-order valence-electron chi connectivity index (χ0n) is 10.2. The normalized spacial score (nSPS) is 21.6. The quantitative estimate of drug-likeness (QED) is 0.868. The molecule has 2 rings (SSSR count). The molecular formula is C14H21FN2. The molecule has 0 amide bonds. The van der Waals surface area contributed by atoms with Gasteiger partial charge in [-0.3, -0.25) is 4.90 Å². The first-order valence-corrected chi connectivity index (χ1v) is 6.48. The van der Waals surface area contributed by atoms with E-state index in [9.17, 15) is 4.39 Å². The summed E-state index contributed by atoms with van der Waals surface area (Å²) in [6.07, 6.45) is 4.78. The Labute approximate surface area is 103 Å². The Balaban J connectivity index is 1.86. The van der Waals surface area contributed by atoms with E-state index in [2.05, 4.69) is 4.90 Å². The van der Waals surface area contributed by atoms with Crippen molar-refractivity contribution in [2.24, 2.45) is 5.73 Å². The molecule has 0 spiro atoms. The predicted molar refractivity (Wildman–Crippen MR) is 68.4 cm³/mol. The zero-order chi connectivity index (χ0) is 12.1. The van der Waals surface area contributed by atoms with Gasteiger partial charge in [0.1, 0.15) is 5.82 Å². The lowest BCUT2D eigenvalue weighted by atomic mass is 10.0. The van der Waals surface area contributed by atoms with Crippen LogP contribution in [0.3, 0.4) is 0 Å². The molecule has 0 aromatic heterocycles. The summed E-state index contributed by atoms with van der Waals surface area (Å²) in [6.45, 7) is 2.94. The Morgan fingerprint density at radius 2 is 2.00 bits per heavy atom. The summed E-state index contributed by atoms with van der Waals surface area (Å²) >= 11 is 0. The highest BCUT2D eigenvalue weighted by Gasteiger charge is 2.20. The standard InChI is InChI=1S/C14H21FN2/c15-13-6-4-12(5-7-13)8-10-17-9-2-1-3-14(17)11-16/h4-7,14H,1-3,8-11,16H2/t14-/m1/s1. The number of piperidine rings is 1. The van der Waals surface area contributed by atoms with E-state index in [1.807, 2.05) is 12.1 Å². The van der Waals surface area contributed by atoms with Gasteiger partial charge in [0.15, 0.2) is 0 Å². The van der Waals surface area contributed by atoms with Crippen LogP contribution in [0.15, 0.2) is 24.3 Å². The van der Waals surface area contributed by atoms with E-state index < -0.39 is 0 Å². The number of nitrogens with two attached hydrogens (primary N) is 1. The van der Waals surface area contributed by atoms with Crippen molar-refractivity contribution in [2.75, 3.05) is 19.6 Å². The first-order chi connectivity index (χ1) is 8.29. The Morgan fingerprint density at radius 3 is 2.71 bits per heavy atom. The van der Waals surface area contributed by atoms with Gasteiger partial charge in [-0.05, 0) is 43.5 Å². The van der Waals surface area contributed by atoms with Crippen molar-refractivity contribution >= 4 is 0 Å². The molecule has 0 bridgehead atoms. The maximum atomic E-state index is 12.8. The van der Waals surface area contributed by atoms with Crippen LogP contribution in [0, 0.1) is 5.82 Å². The molecule has 0 radical (unpaired) electrons. The highest BCUT2D eigenvalue weighted by Crippen LogP contribution is 2.16. The molecule has 3 heteroatoms. The molecule has 1 aromatic rings. The van der Waals surface area contributed by atoms with Crippen LogP contribution < -0.4 is 5.73 Å². The van der Waals surface area contributed by atoms with Crippen LogP contribution in [0.2, 0.25) is 0 Å². The summed E-state index contributed by atoms with van der Waals surface area (Å²) in [5.41, 5.74) is 6.99. The van der Waals surface area contributed by atoms with E-state index in [-0.39, 0.29) is 5.82 Å². The third kappa shape index (κ3) is 3.51. The fraction of sp³-hybridized carbons (Fsp3) is 0.571. The lowest BCUT2D eigenvalue weighted by Crippen LogP contribution is -2.44. The monoisotopic (exact) mass is 236 g/mol. The van der Waals surface area contributed by atoms with E-state index in [4.69, 9.17) is 5.73 Å². The largest absolute Gasteiger partial charge is 0.329 e. The lowest BCUT2D eigenvalue weighted by Gasteiger charge is -2.34. The van der Waals surface area contributed by atoms with Gasteiger partial charge in [0.2, 0.25) is 0 Å². The number of likely N-dealkylation sites (tertiary alicyclic amines) is 1. The first kappa shape index (κ1) is 12.5. The van der Waals surface area contributed by atoms with Crippen molar-refractivity contribution in [3.05, 3.63) is 35.6 Å². The van der Waals surface area contributed by atoms with E-state index in [1.165, 1.54) is 37.0 Å². The summed E-state index contributed by atoms with van der Waals surface area (Å²) in [5, 5.41) is 0. The number of hydrogen-bond acceptors (Lipinski definition) is 2. The van der Waals surface area contributed by atoms with Crippen LogP contribution in [0.25, 0.3) is 0 Å². The van der Waals surface area contributed by atoms with Crippen LogP contribution in [0.4, 0.5) is 4.39 Å². The molecule has 1 saturated heterocycles. The second-order valence-corrected chi connectivity index (χ2v) is 4.80. The molecule has 0 unspecified atom stereocenters. The van der Waals surface area contributed by atoms with Gasteiger partial charge in [0, 0.05) is 19.1 Å². The number of hydrogen-bond donors (Lipinski definition) is 1. The maximum absolute atomic E-state index is 12.8. The summed E-state index contributed by atoms with van der Waals surface area (Å²) in [4.78, 5) is 2.48. The van der Waals surface area contributed by atoms with Gasteiger partial charge in [-0.25, -0.2) is 4.39 Å². The van der Waals surface area contributed by atoms with Crippen molar-refractivity contribution in [2.45, 2.75) is 31.7 Å². The Kier molecular flexibility index (Phi) is 4.51. The molecule has 2 nitrogen and oxygen atoms in total. The molecule has 94 valence electrons. The van der Waals surface area contributed by atoms with Crippen LogP contribution in [-0.4, -0.2) is 30.6 Å². The van der Waals surface area contributed by atoms with Crippen molar-refractivity contribution in [3.63, 3.8) is 0 Å². The van der Waals surface area contributed by atoms with Gasteiger partial charge in [0.05, 0.1) is 0 Å². The minimum Gasteiger partial charge on any atom is -0.329 e. The fourth-order valence-electron chi connectivity index (χ4n) is 2.55. The molecule has 1 atom stereocenters. The highest BCUT2D eigenvalue weighted by molar-refractivity contribution is 5.16. The smallest absolute Gasteiger partial charge is 0.123 e. The first-order valence-electron chi connectivity index (χ1n) is 6.48. The number of benzene rings is 1. The second-order valence-electron chi connectivity index (χ2n) is 4.80. The molecule has 0 aliphatic carbocycles. The van der Waals surface area contributed by atoms with Gasteiger partial charge in [-0.15, -0.1) is 0 Å². The summed E-state index contributed by atoms with van der Waals surface area (Å²) in [6, 6.07) is 7.36. The average molecular weight is 236 g/mol. The molecule has 2 N–H and O–H groups in total. The molecular weight excluding hydrogens is 215 g/mol. The van der Waals surface area contributed by atoms with Gasteiger partial charge in [0.25, 0.3) is 0 Å². The molecule has 1 fully saturated rings. The van der Waals surface area contributed by atoms with Gasteiger partial charge >= 0.3 is 0 Å². The fourth-order valence-corrected chi connectivity index (χ4v) is 2.55. The summed E-state index contributed by atoms with van der Waals surface area (Å²) in [5.74, 6) is -0.161. The van der Waals surface area contributed by atoms with Crippen molar-refractivity contribution < 1.29 is 4.39 Å². The van der Waals surface area contributed by atoms with Gasteiger partial charge in [-0.2, -0.15) is 0 Å². The SMILES string of the molecule is NC[C@H]1CCCCN1CCc1ccc(F)cc1. The van der Waals surface area contributed by atoms with Crippen molar-refractivity contribution in [1.82, 2.24) is 4.90 Å². The van der Waals surface area contributed by atoms with Gasteiger partial charge in [-0.1, -0.05) is 18.6 Å². The second kappa shape index (κ2) is 6.12. The third-order valence-electron chi connectivity index (χ3n) is 3.62. The average Bonchev–Trinajstić information content (AvgIpc) is 2.38. The Morgan fingerprint density at radius 1 is 1.24 bits per heavy atom. The minimum absolute atomic E-state index is 0.161. The Hall–Kier alpha value is -0.930. The predicted octanol–water partition coefficient (Wildman–Crippen LogP) is 2.18. The Bertz CT molecular complexity index is 337. The van der Waals surface area contributed by atoms with Crippen molar-refractivity contribution in [3.8, 4) is 0 Å². The van der Waals surface area contributed by atoms with E-state index in [0.29, 0.717) is 6.04 Å². The number of rotatable bonds is 4. The summed E-state index contributed by atoms with van der Waals surface area (Å²) < 4.78 is 12.8. The number of nitrogens with zero attached hydrogens (tertiary/aromatic N) is 1. The maximum Gasteiger partial charge on any atom is 0.123 e. The third-order valence-corrected chi connectivity index (χ3v) is 3.62. The molecule has 1 aromatic carbocycles. The number of halogens is 1. The highest BCUT2D eigenvalue weighted by atomic mass is 19.1. The molecule has 0 saturated carbocycles. The van der Waals surface area contributed by atoms with Crippen LogP contribution >= 0.6 is 0 Å². The van der Waals surface area contributed by atoms with Crippen LogP contribution in [0.1, 0.15) is 24.8 Å². The molecule has 1 aliphatic heterocycles. The van der Waals surface area contributed by atoms with Crippen LogP contribution in [0.5, 0.6) is 0 Å². The van der Waals surface area contributed by atoms with E-state index >= 15 is 0 Å². The van der Waals surface area contributed by atoms with Gasteiger partial charge < -0.3 is 5.73 Å². The molecule has 17 heavy (non-hydrogen) atoms. The molecule has 1 aliphatic rings.